The Labute approximate surface area is 165 Å². The first-order chi connectivity index (χ1) is 13.3. The summed E-state index contributed by atoms with van der Waals surface area (Å²) in [4.78, 5) is 15.2. The maximum atomic E-state index is 5.41. The van der Waals surface area contributed by atoms with Gasteiger partial charge in [-0.05, 0) is 36.4 Å². The summed E-state index contributed by atoms with van der Waals surface area (Å²) in [6, 6.07) is 11.3. The molecule has 1 unspecified atom stereocenters. The Morgan fingerprint density at radius 3 is 2.74 bits per heavy atom. The monoisotopic (exact) mass is 385 g/mol. The molecule has 0 aliphatic carbocycles. The zero-order valence-corrected chi connectivity index (χ0v) is 16.6. The zero-order chi connectivity index (χ0) is 18.5. The van der Waals surface area contributed by atoms with E-state index in [9.17, 15) is 0 Å². The minimum atomic E-state index is 0.433. The van der Waals surface area contributed by atoms with Crippen LogP contribution in [0.4, 0.5) is 11.8 Å². The molecule has 2 aliphatic heterocycles. The van der Waals surface area contributed by atoms with Gasteiger partial charge in [0.2, 0.25) is 5.95 Å². The van der Waals surface area contributed by atoms with Crippen molar-refractivity contribution in [2.24, 2.45) is 0 Å². The Hall–Kier alpha value is -1.83. The molecule has 1 atom stereocenters. The summed E-state index contributed by atoms with van der Waals surface area (Å²) in [7, 11) is 0. The van der Waals surface area contributed by atoms with Crippen molar-refractivity contribution >= 4 is 23.5 Å². The fourth-order valence-corrected chi connectivity index (χ4v) is 4.05. The molecule has 4 rings (SSSR count). The molecule has 0 spiro atoms. The quantitative estimate of drug-likeness (QED) is 0.767. The number of hydrogen-bond donors (Lipinski definition) is 1. The van der Waals surface area contributed by atoms with Crippen LogP contribution >= 0.6 is 11.8 Å². The standard InChI is InChI=1S/C20H27N5OS/c1-27-18-4-2-16(3-5-18)14-24-9-7-17(15-24)22-19-6-8-21-20(23-19)25-10-12-26-13-11-25/h2-6,8,17H,7,9-15H2,1H3,(H,21,22,23). The molecule has 144 valence electrons. The third-order valence-corrected chi connectivity index (χ3v) is 5.87. The van der Waals surface area contributed by atoms with E-state index in [1.54, 1.807) is 11.8 Å². The van der Waals surface area contributed by atoms with Gasteiger partial charge in [0.15, 0.2) is 0 Å². The number of aromatic nitrogens is 2. The number of rotatable bonds is 6. The molecule has 2 fully saturated rings. The van der Waals surface area contributed by atoms with Crippen molar-refractivity contribution in [2.75, 3.05) is 55.9 Å². The van der Waals surface area contributed by atoms with Gasteiger partial charge in [-0.15, -0.1) is 11.8 Å². The van der Waals surface area contributed by atoms with E-state index >= 15 is 0 Å². The average Bonchev–Trinajstić information content (AvgIpc) is 3.16. The fourth-order valence-electron chi connectivity index (χ4n) is 3.64. The van der Waals surface area contributed by atoms with Gasteiger partial charge in [-0.1, -0.05) is 12.1 Å². The number of nitrogens with zero attached hydrogens (tertiary/aromatic N) is 4. The Bertz CT molecular complexity index is 735. The van der Waals surface area contributed by atoms with Crippen molar-refractivity contribution in [3.63, 3.8) is 0 Å². The van der Waals surface area contributed by atoms with Crippen LogP contribution in [-0.4, -0.2) is 66.6 Å². The molecule has 2 aromatic rings. The zero-order valence-electron chi connectivity index (χ0n) is 15.8. The Morgan fingerprint density at radius 2 is 1.96 bits per heavy atom. The second-order valence-corrected chi connectivity index (χ2v) is 7.93. The number of thioether (sulfide) groups is 1. The molecule has 0 amide bonds. The van der Waals surface area contributed by atoms with Crippen molar-refractivity contribution in [1.29, 1.82) is 0 Å². The normalized spacial score (nSPS) is 20.8. The number of ether oxygens (including phenoxy) is 1. The van der Waals surface area contributed by atoms with Crippen molar-refractivity contribution in [3.05, 3.63) is 42.1 Å². The van der Waals surface area contributed by atoms with E-state index in [0.29, 0.717) is 6.04 Å². The number of benzene rings is 1. The van der Waals surface area contributed by atoms with Gasteiger partial charge >= 0.3 is 0 Å². The summed E-state index contributed by atoms with van der Waals surface area (Å²) in [5, 5.41) is 3.60. The van der Waals surface area contributed by atoms with Crippen LogP contribution in [0.3, 0.4) is 0 Å². The lowest BCUT2D eigenvalue weighted by Gasteiger charge is -2.27. The second kappa shape index (κ2) is 8.91. The van der Waals surface area contributed by atoms with Crippen LogP contribution in [-0.2, 0) is 11.3 Å². The molecule has 7 heteroatoms. The first-order valence-electron chi connectivity index (χ1n) is 9.58. The largest absolute Gasteiger partial charge is 0.378 e. The summed E-state index contributed by atoms with van der Waals surface area (Å²) < 4.78 is 5.41. The highest BCUT2D eigenvalue weighted by molar-refractivity contribution is 7.98. The predicted molar refractivity (Wildman–Crippen MR) is 111 cm³/mol. The van der Waals surface area contributed by atoms with E-state index in [2.05, 4.69) is 50.6 Å². The van der Waals surface area contributed by atoms with Crippen molar-refractivity contribution in [3.8, 4) is 0 Å². The number of likely N-dealkylation sites (tertiary alicyclic amines) is 1. The summed E-state index contributed by atoms with van der Waals surface area (Å²) >= 11 is 1.79. The molecular weight excluding hydrogens is 358 g/mol. The highest BCUT2D eigenvalue weighted by atomic mass is 32.2. The van der Waals surface area contributed by atoms with E-state index in [1.807, 2.05) is 12.3 Å². The van der Waals surface area contributed by atoms with E-state index in [0.717, 1.165) is 64.1 Å². The fraction of sp³-hybridized carbons (Fsp3) is 0.500. The Kier molecular flexibility index (Phi) is 6.11. The van der Waals surface area contributed by atoms with Gasteiger partial charge < -0.3 is 15.0 Å². The van der Waals surface area contributed by atoms with Gasteiger partial charge in [0.1, 0.15) is 5.82 Å². The smallest absolute Gasteiger partial charge is 0.227 e. The minimum absolute atomic E-state index is 0.433. The lowest BCUT2D eigenvalue weighted by atomic mass is 10.2. The van der Waals surface area contributed by atoms with Crippen molar-refractivity contribution in [1.82, 2.24) is 14.9 Å². The molecule has 1 N–H and O–H groups in total. The molecule has 1 aromatic heterocycles. The van der Waals surface area contributed by atoms with Crippen molar-refractivity contribution < 1.29 is 4.74 Å². The van der Waals surface area contributed by atoms with Gasteiger partial charge in [-0.25, -0.2) is 4.98 Å². The number of nitrogens with one attached hydrogen (secondary N) is 1. The highest BCUT2D eigenvalue weighted by Gasteiger charge is 2.23. The first kappa shape index (κ1) is 18.5. The molecule has 0 saturated carbocycles. The van der Waals surface area contributed by atoms with Gasteiger partial charge in [-0.2, -0.15) is 4.98 Å². The van der Waals surface area contributed by atoms with Crippen LogP contribution in [0, 0.1) is 0 Å². The summed E-state index contributed by atoms with van der Waals surface area (Å²) in [6.45, 7) is 6.37. The van der Waals surface area contributed by atoms with Crippen LogP contribution in [0.1, 0.15) is 12.0 Å². The number of anilines is 2. The molecule has 0 radical (unpaired) electrons. The maximum Gasteiger partial charge on any atom is 0.227 e. The van der Waals surface area contributed by atoms with Gasteiger partial charge in [0.25, 0.3) is 0 Å². The van der Waals surface area contributed by atoms with Crippen LogP contribution in [0.15, 0.2) is 41.4 Å². The van der Waals surface area contributed by atoms with Gasteiger partial charge in [0, 0.05) is 49.9 Å². The van der Waals surface area contributed by atoms with E-state index < -0.39 is 0 Å². The third-order valence-electron chi connectivity index (χ3n) is 5.13. The van der Waals surface area contributed by atoms with Crippen LogP contribution in [0.2, 0.25) is 0 Å². The lowest BCUT2D eigenvalue weighted by Crippen LogP contribution is -2.37. The number of hydrogen-bond acceptors (Lipinski definition) is 7. The predicted octanol–water partition coefficient (Wildman–Crippen LogP) is 2.72. The molecule has 27 heavy (non-hydrogen) atoms. The Balaban J connectivity index is 1.31. The van der Waals surface area contributed by atoms with E-state index in [4.69, 9.17) is 9.72 Å². The first-order valence-corrected chi connectivity index (χ1v) is 10.8. The van der Waals surface area contributed by atoms with Crippen molar-refractivity contribution in [2.45, 2.75) is 23.9 Å². The van der Waals surface area contributed by atoms with E-state index in [-0.39, 0.29) is 0 Å². The Morgan fingerprint density at radius 1 is 1.15 bits per heavy atom. The van der Waals surface area contributed by atoms with E-state index in [1.165, 1.54) is 10.5 Å². The summed E-state index contributed by atoms with van der Waals surface area (Å²) in [5.74, 6) is 1.72. The van der Waals surface area contributed by atoms with Crippen LogP contribution in [0.25, 0.3) is 0 Å². The topological polar surface area (TPSA) is 53.5 Å². The van der Waals surface area contributed by atoms with Gasteiger partial charge in [0.05, 0.1) is 13.2 Å². The van der Waals surface area contributed by atoms with Gasteiger partial charge in [-0.3, -0.25) is 4.90 Å². The minimum Gasteiger partial charge on any atom is -0.378 e. The molecule has 1 aromatic carbocycles. The molecule has 0 bridgehead atoms. The molecular formula is C20H27N5OS. The van der Waals surface area contributed by atoms with Crippen LogP contribution in [0.5, 0.6) is 0 Å². The highest BCUT2D eigenvalue weighted by Crippen LogP contribution is 2.20. The molecule has 2 saturated heterocycles. The summed E-state index contributed by atoms with van der Waals surface area (Å²) in [6.07, 6.45) is 5.10. The molecule has 2 aliphatic rings. The molecule has 3 heterocycles. The van der Waals surface area contributed by atoms with Crippen LogP contribution < -0.4 is 10.2 Å². The second-order valence-electron chi connectivity index (χ2n) is 7.05. The SMILES string of the molecule is CSc1ccc(CN2CCC(Nc3ccnc(N4CCOCC4)n3)C2)cc1. The summed E-state index contributed by atoms with van der Waals surface area (Å²) in [5.41, 5.74) is 1.38. The number of morpholine rings is 1. The molecule has 6 nitrogen and oxygen atoms in total. The average molecular weight is 386 g/mol. The third kappa shape index (κ3) is 4.91. The maximum absolute atomic E-state index is 5.41. The lowest BCUT2D eigenvalue weighted by molar-refractivity contribution is 0.122.